The lowest BCUT2D eigenvalue weighted by Crippen LogP contribution is -2.61. The predicted octanol–water partition coefficient (Wildman–Crippen LogP) is 10.1. The summed E-state index contributed by atoms with van der Waals surface area (Å²) in [6.45, 7) is -0.331. The van der Waals surface area contributed by atoms with Crippen molar-refractivity contribution >= 4 is 46.2 Å². The number of rotatable bonds is 6. The van der Waals surface area contributed by atoms with Gasteiger partial charge in [0.15, 0.2) is 0 Å². The van der Waals surface area contributed by atoms with Crippen LogP contribution in [0.2, 0.25) is 0 Å². The predicted molar refractivity (Wildman–Crippen MR) is 246 cm³/mol. The van der Waals surface area contributed by atoms with Gasteiger partial charge in [-0.3, -0.25) is 0 Å². The molecule has 6 nitrogen and oxygen atoms in total. The third kappa shape index (κ3) is 5.53. The Morgan fingerprint density at radius 2 is 0.661 bits per heavy atom. The van der Waals surface area contributed by atoms with Gasteiger partial charge in [-0.05, 0) is 57.2 Å². The first-order valence-electron chi connectivity index (χ1n) is 20.8. The molecule has 0 radical (unpaired) electrons. The van der Waals surface area contributed by atoms with Crippen LogP contribution in [-0.2, 0) is 0 Å². The topological polar surface area (TPSA) is 55.4 Å². The number of hydrogen-bond donors (Lipinski definition) is 0. The van der Waals surface area contributed by atoms with Gasteiger partial charge in [-0.25, -0.2) is 0 Å². The highest BCUT2D eigenvalue weighted by molar-refractivity contribution is 7.01. The quantitative estimate of drug-likeness (QED) is 0.156. The van der Waals surface area contributed by atoms with Crippen molar-refractivity contribution in [2.24, 2.45) is 0 Å². The molecular weight excluding hydrogens is 766 g/mol. The molecule has 9 aromatic carbocycles. The summed E-state index contributed by atoms with van der Waals surface area (Å²) in [7, 11) is 0. The largest absolute Gasteiger partial charge is 0.458 e. The van der Waals surface area contributed by atoms with Crippen LogP contribution < -0.4 is 61.2 Å². The number of para-hydroxylation sites is 4. The van der Waals surface area contributed by atoms with Crippen molar-refractivity contribution in [2.75, 3.05) is 0 Å². The molecule has 0 N–H and O–H groups in total. The van der Waals surface area contributed by atoms with Gasteiger partial charge >= 0.3 is 0 Å². The zero-order valence-electron chi connectivity index (χ0n) is 33.1. The van der Waals surface area contributed by atoms with E-state index in [0.29, 0.717) is 46.0 Å². The van der Waals surface area contributed by atoms with Crippen LogP contribution in [0.3, 0.4) is 0 Å². The van der Waals surface area contributed by atoms with E-state index in [0.717, 1.165) is 78.0 Å². The first-order chi connectivity index (χ1) is 30.7. The lowest BCUT2D eigenvalue weighted by Gasteiger charge is -2.36. The molecule has 62 heavy (non-hydrogen) atoms. The van der Waals surface area contributed by atoms with Gasteiger partial charge in [0.2, 0.25) is 0 Å². The van der Waals surface area contributed by atoms with E-state index < -0.39 is 0 Å². The highest BCUT2D eigenvalue weighted by atomic mass is 16.5. The Hall–Kier alpha value is -8.09. The molecule has 0 bridgehead atoms. The molecule has 0 unspecified atom stereocenters. The molecule has 8 heteroatoms. The lowest BCUT2D eigenvalue weighted by molar-refractivity contribution is 0.435. The Labute approximate surface area is 358 Å². The van der Waals surface area contributed by atoms with Crippen molar-refractivity contribution in [2.45, 2.75) is 0 Å². The Morgan fingerprint density at radius 1 is 0.290 bits per heavy atom. The number of benzene rings is 9. The Kier molecular flexibility index (Phi) is 7.69. The van der Waals surface area contributed by atoms with Gasteiger partial charge in [-0.2, -0.15) is 0 Å². The van der Waals surface area contributed by atoms with E-state index in [1.165, 1.54) is 0 Å². The third-order valence-electron chi connectivity index (χ3n) is 12.2. The SMILES string of the molecule is c1ccc(-c2ccccc2Oc2cc3c4c(c2)Oc2cc5c(cc2B4c2ccccc2O3)B2c3ccccc3Oc3cc(Oc4ccccc4-c4ccccc4)cc(c32)O5)cc1. The van der Waals surface area contributed by atoms with Crippen LogP contribution in [0.5, 0.6) is 69.0 Å². The van der Waals surface area contributed by atoms with Gasteiger partial charge in [0.05, 0.1) is 0 Å². The molecule has 4 heterocycles. The van der Waals surface area contributed by atoms with Crippen LogP contribution in [0.4, 0.5) is 0 Å². The molecule has 0 spiro atoms. The Bertz CT molecular complexity index is 3060. The summed E-state index contributed by atoms with van der Waals surface area (Å²) in [6.07, 6.45) is 0. The zero-order chi connectivity index (χ0) is 40.7. The lowest BCUT2D eigenvalue weighted by atomic mass is 9.31. The summed E-state index contributed by atoms with van der Waals surface area (Å²) in [6, 6.07) is 65.4. The van der Waals surface area contributed by atoms with Gasteiger partial charge in [0.1, 0.15) is 69.0 Å². The maximum absolute atomic E-state index is 6.93. The molecular formula is C54H32B2O6. The van der Waals surface area contributed by atoms with E-state index in [2.05, 4.69) is 66.7 Å². The standard InChI is InChI=1S/C54H32B2O6/c1-3-15-33(16-4-1)37-19-7-11-23-43(37)57-35-27-49-53-51(29-35)61-47-32-48-42(31-41(47)55(53)39-21-9-13-25-45(39)59-49)56-40-22-10-14-26-46(40)60-50-28-36(30-52(62-48)54(50)56)58-44-24-12-8-20-38(44)34-17-5-2-6-18-34/h1-32H. The summed E-state index contributed by atoms with van der Waals surface area (Å²) >= 11 is 0. The van der Waals surface area contributed by atoms with Crippen molar-refractivity contribution in [1.82, 2.24) is 0 Å². The Morgan fingerprint density at radius 3 is 1.11 bits per heavy atom. The van der Waals surface area contributed by atoms with Gasteiger partial charge < -0.3 is 28.4 Å². The van der Waals surface area contributed by atoms with Crippen molar-refractivity contribution in [1.29, 1.82) is 0 Å². The monoisotopic (exact) mass is 798 g/mol. The normalized spacial score (nSPS) is 13.0. The summed E-state index contributed by atoms with van der Waals surface area (Å²) in [4.78, 5) is 0. The van der Waals surface area contributed by atoms with Crippen LogP contribution in [0.1, 0.15) is 0 Å². The molecule has 9 aromatic rings. The molecule has 0 aliphatic carbocycles. The van der Waals surface area contributed by atoms with Crippen LogP contribution in [0, 0.1) is 0 Å². The van der Waals surface area contributed by atoms with Gasteiger partial charge in [-0.15, -0.1) is 0 Å². The number of fused-ring (bicyclic) bond motifs is 8. The second kappa shape index (κ2) is 13.7. The minimum atomic E-state index is -0.166. The maximum Gasteiger partial charge on any atom is 0.260 e. The van der Waals surface area contributed by atoms with Crippen molar-refractivity contribution in [3.8, 4) is 91.2 Å². The molecule has 0 fully saturated rings. The Balaban J connectivity index is 0.934. The van der Waals surface area contributed by atoms with E-state index in [4.69, 9.17) is 28.4 Å². The van der Waals surface area contributed by atoms with Crippen molar-refractivity contribution in [3.05, 3.63) is 194 Å². The third-order valence-corrected chi connectivity index (χ3v) is 12.2. The van der Waals surface area contributed by atoms with E-state index in [1.54, 1.807) is 0 Å². The van der Waals surface area contributed by atoms with E-state index in [-0.39, 0.29) is 13.4 Å². The molecule has 0 atom stereocenters. The first-order valence-corrected chi connectivity index (χ1v) is 20.8. The van der Waals surface area contributed by atoms with E-state index >= 15 is 0 Å². The highest BCUT2D eigenvalue weighted by Crippen LogP contribution is 2.44. The summed E-state index contributed by atoms with van der Waals surface area (Å²) in [5, 5.41) is 0. The molecule has 4 aliphatic heterocycles. The maximum atomic E-state index is 6.93. The fourth-order valence-corrected chi connectivity index (χ4v) is 9.53. The van der Waals surface area contributed by atoms with E-state index in [1.807, 2.05) is 127 Å². The minimum Gasteiger partial charge on any atom is -0.458 e. The van der Waals surface area contributed by atoms with Crippen LogP contribution >= 0.6 is 0 Å². The fourth-order valence-electron chi connectivity index (χ4n) is 9.53. The summed E-state index contributed by atoms with van der Waals surface area (Å²) in [5.74, 6) is 8.44. The minimum absolute atomic E-state index is 0.166. The average molecular weight is 798 g/mol. The van der Waals surface area contributed by atoms with Crippen molar-refractivity contribution in [3.63, 3.8) is 0 Å². The average Bonchev–Trinajstić information content (AvgIpc) is 3.31. The smallest absolute Gasteiger partial charge is 0.260 e. The summed E-state index contributed by atoms with van der Waals surface area (Å²) in [5.41, 5.74) is 10.2. The molecule has 0 amide bonds. The molecule has 0 saturated carbocycles. The second-order valence-corrected chi connectivity index (χ2v) is 15.9. The number of hydrogen-bond acceptors (Lipinski definition) is 6. The van der Waals surface area contributed by atoms with Gasteiger partial charge in [0, 0.05) is 52.4 Å². The molecule has 290 valence electrons. The van der Waals surface area contributed by atoms with Crippen LogP contribution in [-0.4, -0.2) is 13.4 Å². The molecule has 4 aliphatic rings. The van der Waals surface area contributed by atoms with Crippen molar-refractivity contribution < 1.29 is 28.4 Å². The fraction of sp³-hybridized carbons (Fsp3) is 0. The second-order valence-electron chi connectivity index (χ2n) is 15.9. The van der Waals surface area contributed by atoms with Gasteiger partial charge in [-0.1, -0.05) is 140 Å². The zero-order valence-corrected chi connectivity index (χ0v) is 33.1. The molecule has 0 aromatic heterocycles. The molecule has 0 saturated heterocycles. The van der Waals surface area contributed by atoms with Gasteiger partial charge in [0.25, 0.3) is 13.4 Å². The highest BCUT2D eigenvalue weighted by Gasteiger charge is 2.45. The summed E-state index contributed by atoms with van der Waals surface area (Å²) < 4.78 is 40.6. The van der Waals surface area contributed by atoms with Crippen LogP contribution in [0.15, 0.2) is 194 Å². The van der Waals surface area contributed by atoms with Crippen LogP contribution in [0.25, 0.3) is 22.3 Å². The molecule has 13 rings (SSSR count). The van der Waals surface area contributed by atoms with E-state index in [9.17, 15) is 0 Å². The first kappa shape index (κ1) is 34.7. The number of ether oxygens (including phenoxy) is 6.